The Labute approximate surface area is 125 Å². The van der Waals surface area contributed by atoms with Crippen molar-refractivity contribution in [3.63, 3.8) is 0 Å². The quantitative estimate of drug-likeness (QED) is 0.792. The van der Waals surface area contributed by atoms with Crippen LogP contribution in [0.1, 0.15) is 11.8 Å². The minimum absolute atomic E-state index is 0.0460. The molecule has 2 aliphatic rings. The lowest BCUT2D eigenvalue weighted by Gasteiger charge is -2.29. The van der Waals surface area contributed by atoms with Gasteiger partial charge in [0.15, 0.2) is 24.7 Å². The molecule has 3 heterocycles. The summed E-state index contributed by atoms with van der Waals surface area (Å²) in [6, 6.07) is 0. The fourth-order valence-corrected chi connectivity index (χ4v) is 3.08. The van der Waals surface area contributed by atoms with Crippen LogP contribution < -0.4 is 11.2 Å². The number of nitrogens with zero attached hydrogens (tertiary/aromatic N) is 1. The molecule has 2 bridgehead atoms. The maximum Gasteiger partial charge on any atom is 0.504 e. The summed E-state index contributed by atoms with van der Waals surface area (Å²) in [7, 11) is -1.91. The van der Waals surface area contributed by atoms with Gasteiger partial charge in [-0.15, -0.1) is 4.52 Å². The number of nitrogens with one attached hydrogen (secondary N) is 1. The molecule has 1 unspecified atom stereocenters. The Morgan fingerprint density at radius 3 is 3.00 bits per heavy atom. The van der Waals surface area contributed by atoms with Crippen molar-refractivity contribution >= 4 is 8.03 Å². The van der Waals surface area contributed by atoms with E-state index in [1.54, 1.807) is 0 Å². The topological polar surface area (TPSA) is 99.6 Å². The molecule has 0 radical (unpaired) electrons. The van der Waals surface area contributed by atoms with Gasteiger partial charge in [-0.05, 0) is 11.5 Å². The van der Waals surface area contributed by atoms with Crippen LogP contribution in [0.4, 0.5) is 4.39 Å². The summed E-state index contributed by atoms with van der Waals surface area (Å²) in [5.74, 6) is 0. The van der Waals surface area contributed by atoms with E-state index in [1.807, 2.05) is 0 Å². The largest absolute Gasteiger partial charge is 0.504 e. The molecule has 5 atom stereocenters. The molecular formula is C12H15FN2O6P+. The molecule has 0 aliphatic carbocycles. The summed E-state index contributed by atoms with van der Waals surface area (Å²) >= 11 is 0. The molecule has 1 aromatic heterocycles. The van der Waals surface area contributed by atoms with Crippen molar-refractivity contribution in [2.45, 2.75) is 31.0 Å². The number of fused-ring (bicyclic) bond motifs is 2. The molecule has 0 spiro atoms. The van der Waals surface area contributed by atoms with Gasteiger partial charge in [0.05, 0.1) is 6.61 Å². The zero-order valence-electron chi connectivity index (χ0n) is 11.9. The molecule has 2 fully saturated rings. The highest BCUT2D eigenvalue weighted by Crippen LogP contribution is 2.47. The molecule has 1 N–H and O–H groups in total. The van der Waals surface area contributed by atoms with E-state index in [4.69, 9.17) is 14.0 Å². The first-order valence-corrected chi connectivity index (χ1v) is 8.26. The van der Waals surface area contributed by atoms with Crippen LogP contribution >= 0.6 is 8.03 Å². The maximum atomic E-state index is 14.5. The summed E-state index contributed by atoms with van der Waals surface area (Å²) in [5, 5.41) is 0. The van der Waals surface area contributed by atoms with Gasteiger partial charge in [0.2, 0.25) is 0 Å². The first-order chi connectivity index (χ1) is 10.3. The van der Waals surface area contributed by atoms with Gasteiger partial charge in [-0.2, -0.15) is 0 Å². The molecule has 0 saturated carbocycles. The zero-order chi connectivity index (χ0) is 16.1. The minimum Gasteiger partial charge on any atom is -0.367 e. The van der Waals surface area contributed by atoms with Crippen molar-refractivity contribution in [1.29, 1.82) is 0 Å². The van der Waals surface area contributed by atoms with E-state index in [-0.39, 0.29) is 13.2 Å². The lowest BCUT2D eigenvalue weighted by molar-refractivity contribution is -0.183. The summed E-state index contributed by atoms with van der Waals surface area (Å²) in [4.78, 5) is 25.4. The summed E-state index contributed by atoms with van der Waals surface area (Å²) in [5.41, 5.74) is -2.31. The van der Waals surface area contributed by atoms with Gasteiger partial charge in [-0.1, -0.05) is 0 Å². The Morgan fingerprint density at radius 1 is 1.59 bits per heavy atom. The molecule has 0 aromatic carbocycles. The lowest BCUT2D eigenvalue weighted by Crippen LogP contribution is -2.44. The smallest absolute Gasteiger partial charge is 0.367 e. The first kappa shape index (κ1) is 15.5. The summed E-state index contributed by atoms with van der Waals surface area (Å²) < 4.78 is 42.7. The third kappa shape index (κ3) is 2.34. The second kappa shape index (κ2) is 5.34. The van der Waals surface area contributed by atoms with E-state index >= 15 is 0 Å². The van der Waals surface area contributed by atoms with Gasteiger partial charge >= 0.3 is 13.7 Å². The number of halogens is 1. The van der Waals surface area contributed by atoms with Crippen LogP contribution in [0.25, 0.3) is 0 Å². The molecule has 22 heavy (non-hydrogen) atoms. The number of hydrogen-bond donors (Lipinski definition) is 1. The van der Waals surface area contributed by atoms with Crippen LogP contribution in [0.2, 0.25) is 0 Å². The highest BCUT2D eigenvalue weighted by Gasteiger charge is 2.64. The molecular weight excluding hydrogens is 318 g/mol. The van der Waals surface area contributed by atoms with Crippen LogP contribution in [0.5, 0.6) is 0 Å². The van der Waals surface area contributed by atoms with Crippen molar-refractivity contribution in [3.8, 4) is 0 Å². The summed E-state index contributed by atoms with van der Waals surface area (Å²) in [6.45, 7) is 2.60. The van der Waals surface area contributed by atoms with Crippen LogP contribution in [-0.2, 0) is 18.6 Å². The number of aromatic amines is 1. The van der Waals surface area contributed by atoms with E-state index in [1.165, 1.54) is 19.8 Å². The fourth-order valence-electron chi connectivity index (χ4n) is 2.68. The van der Waals surface area contributed by atoms with Crippen molar-refractivity contribution in [3.05, 3.63) is 32.6 Å². The number of aryl methyl sites for hydroxylation is 1. The third-order valence-corrected chi connectivity index (χ3v) is 4.35. The number of H-pyrrole nitrogens is 1. The van der Waals surface area contributed by atoms with Crippen LogP contribution in [0.3, 0.4) is 0 Å². The number of rotatable bonds is 4. The highest BCUT2D eigenvalue weighted by atomic mass is 31.1. The van der Waals surface area contributed by atoms with Gasteiger partial charge in [0, 0.05) is 11.8 Å². The number of hydrogen-bond acceptors (Lipinski definition) is 6. The Hall–Kier alpha value is -1.41. The highest BCUT2D eigenvalue weighted by molar-refractivity contribution is 7.38. The Kier molecular flexibility index (Phi) is 3.76. The van der Waals surface area contributed by atoms with Crippen molar-refractivity contribution < 1.29 is 23.0 Å². The van der Waals surface area contributed by atoms with E-state index in [0.717, 1.165) is 4.57 Å². The van der Waals surface area contributed by atoms with Crippen LogP contribution in [-0.4, -0.2) is 47.3 Å². The number of aromatic nitrogens is 2. The van der Waals surface area contributed by atoms with Gasteiger partial charge in [0.25, 0.3) is 5.56 Å². The first-order valence-electron chi connectivity index (χ1n) is 6.63. The zero-order valence-corrected chi connectivity index (χ0v) is 12.8. The molecule has 0 amide bonds. The second-order valence-corrected chi connectivity index (χ2v) is 6.58. The summed E-state index contributed by atoms with van der Waals surface area (Å²) in [6.07, 6.45) is -2.21. The van der Waals surface area contributed by atoms with Crippen molar-refractivity contribution in [1.82, 2.24) is 9.55 Å². The monoisotopic (exact) mass is 333 g/mol. The average Bonchev–Trinajstić information content (AvgIpc) is 2.91. The lowest BCUT2D eigenvalue weighted by atomic mass is 10.0. The molecule has 120 valence electrons. The molecule has 3 rings (SSSR count). The Balaban J connectivity index is 1.92. The minimum atomic E-state index is -1.91. The van der Waals surface area contributed by atoms with Gasteiger partial charge < -0.3 is 9.47 Å². The van der Waals surface area contributed by atoms with Gasteiger partial charge in [-0.25, -0.2) is 9.18 Å². The normalized spacial score (nSPS) is 34.1. The average molecular weight is 333 g/mol. The standard InChI is InChI=1S/C12H14FN2O6P/c1-6-3-15(11(17)14-9(6)16)10-7-8(13)12(21-10,4-19-7)5-20-22(2)18/h3,7-8,10H,4-5H2,1-2H3/p+1/t7-,8+,10-,12-/m1/s1. The second-order valence-electron chi connectivity index (χ2n) is 5.44. The molecule has 2 aliphatic heterocycles. The fraction of sp³-hybridized carbons (Fsp3) is 0.667. The predicted octanol–water partition coefficient (Wildman–Crippen LogP) is 0.238. The van der Waals surface area contributed by atoms with Gasteiger partial charge in [-0.3, -0.25) is 14.3 Å². The van der Waals surface area contributed by atoms with Crippen molar-refractivity contribution in [2.75, 3.05) is 19.9 Å². The third-order valence-electron chi connectivity index (χ3n) is 3.86. The van der Waals surface area contributed by atoms with Crippen LogP contribution in [0, 0.1) is 6.92 Å². The van der Waals surface area contributed by atoms with Crippen LogP contribution in [0.15, 0.2) is 15.8 Å². The maximum absolute atomic E-state index is 14.5. The molecule has 8 nitrogen and oxygen atoms in total. The predicted molar refractivity (Wildman–Crippen MR) is 73.0 cm³/mol. The number of ether oxygens (including phenoxy) is 2. The SMILES string of the molecule is Cc1cn([C@@H]2O[C@@]3(CO[P+](C)=O)CO[C@@H]2[C@@H]3F)c(=O)[nH]c1=O. The molecule has 2 saturated heterocycles. The van der Waals surface area contributed by atoms with E-state index in [9.17, 15) is 18.5 Å². The molecule has 10 heteroatoms. The van der Waals surface area contributed by atoms with E-state index in [2.05, 4.69) is 4.98 Å². The van der Waals surface area contributed by atoms with Crippen molar-refractivity contribution in [2.24, 2.45) is 0 Å². The van der Waals surface area contributed by atoms with Gasteiger partial charge in [0.1, 0.15) is 12.7 Å². The Bertz CT molecular complexity index is 733. The number of alkyl halides is 1. The Morgan fingerprint density at radius 2 is 2.32 bits per heavy atom. The molecule has 1 aromatic rings. The van der Waals surface area contributed by atoms with E-state index in [0.29, 0.717) is 5.56 Å². The van der Waals surface area contributed by atoms with E-state index < -0.39 is 43.4 Å².